The van der Waals surface area contributed by atoms with Crippen molar-refractivity contribution in [2.24, 2.45) is 5.41 Å². The Kier molecular flexibility index (Phi) is 8.02. The third-order valence-corrected chi connectivity index (χ3v) is 4.61. The Labute approximate surface area is 181 Å². The van der Waals surface area contributed by atoms with Crippen molar-refractivity contribution >= 4 is 11.8 Å². The number of hydrogen-bond donors (Lipinski definition) is 2. The molecule has 0 spiro atoms. The molecule has 2 aromatic carbocycles. The SMILES string of the molecule is Cc1c(OCCCCOc2ccc(C(=O)O)cc2F)ccc(C(=O)CC(C)(C)C)c1O. The molecule has 0 amide bonds. The monoisotopic (exact) mass is 432 g/mol. The van der Waals surface area contributed by atoms with Crippen LogP contribution in [0.5, 0.6) is 17.2 Å². The summed E-state index contributed by atoms with van der Waals surface area (Å²) in [6.07, 6.45) is 1.55. The summed E-state index contributed by atoms with van der Waals surface area (Å²) in [6.45, 7) is 8.21. The highest BCUT2D eigenvalue weighted by atomic mass is 19.1. The number of aromatic hydroxyl groups is 1. The Morgan fingerprint density at radius 2 is 1.58 bits per heavy atom. The Balaban J connectivity index is 1.82. The van der Waals surface area contributed by atoms with E-state index in [-0.39, 0.29) is 34.9 Å². The van der Waals surface area contributed by atoms with E-state index in [0.717, 1.165) is 6.07 Å². The summed E-state index contributed by atoms with van der Waals surface area (Å²) < 4.78 is 24.9. The highest BCUT2D eigenvalue weighted by Gasteiger charge is 2.21. The largest absolute Gasteiger partial charge is 0.507 e. The Hall–Kier alpha value is -3.09. The number of phenols is 1. The number of rotatable bonds is 10. The molecule has 0 aromatic heterocycles. The second kappa shape index (κ2) is 10.3. The van der Waals surface area contributed by atoms with Crippen molar-refractivity contribution in [1.29, 1.82) is 0 Å². The van der Waals surface area contributed by atoms with Crippen molar-refractivity contribution in [3.63, 3.8) is 0 Å². The van der Waals surface area contributed by atoms with Crippen molar-refractivity contribution in [2.45, 2.75) is 47.0 Å². The predicted octanol–water partition coefficient (Wildman–Crippen LogP) is 5.39. The number of carboxylic acids is 1. The Bertz CT molecular complexity index is 946. The van der Waals surface area contributed by atoms with Gasteiger partial charge in [0.15, 0.2) is 17.3 Å². The number of ether oxygens (including phenoxy) is 2. The average molecular weight is 432 g/mol. The minimum Gasteiger partial charge on any atom is -0.507 e. The number of benzene rings is 2. The molecular weight excluding hydrogens is 403 g/mol. The molecular formula is C24H29FO6. The lowest BCUT2D eigenvalue weighted by atomic mass is 9.87. The number of ketones is 1. The number of halogens is 1. The number of phenolic OH excluding ortho intramolecular Hbond substituents is 1. The van der Waals surface area contributed by atoms with E-state index >= 15 is 0 Å². The summed E-state index contributed by atoms with van der Waals surface area (Å²) >= 11 is 0. The van der Waals surface area contributed by atoms with Gasteiger partial charge >= 0.3 is 5.97 Å². The molecule has 7 heteroatoms. The molecule has 0 unspecified atom stereocenters. The van der Waals surface area contributed by atoms with Crippen molar-refractivity contribution in [3.05, 3.63) is 52.8 Å². The second-order valence-electron chi connectivity index (χ2n) is 8.60. The normalized spacial score (nSPS) is 11.3. The van der Waals surface area contributed by atoms with Crippen LogP contribution in [0.2, 0.25) is 0 Å². The molecule has 0 fully saturated rings. The van der Waals surface area contributed by atoms with E-state index in [1.165, 1.54) is 12.1 Å². The number of hydrogen-bond acceptors (Lipinski definition) is 5. The summed E-state index contributed by atoms with van der Waals surface area (Å²) in [7, 11) is 0. The third-order valence-electron chi connectivity index (χ3n) is 4.61. The van der Waals surface area contributed by atoms with Gasteiger partial charge in [-0.2, -0.15) is 0 Å². The van der Waals surface area contributed by atoms with Gasteiger partial charge in [0.05, 0.1) is 24.3 Å². The molecule has 168 valence electrons. The molecule has 31 heavy (non-hydrogen) atoms. The lowest BCUT2D eigenvalue weighted by Gasteiger charge is -2.18. The third kappa shape index (κ3) is 6.98. The molecule has 0 bridgehead atoms. The van der Waals surface area contributed by atoms with Crippen LogP contribution >= 0.6 is 0 Å². The van der Waals surface area contributed by atoms with Gasteiger partial charge in [0.25, 0.3) is 0 Å². The number of aromatic carboxylic acids is 1. The lowest BCUT2D eigenvalue weighted by molar-refractivity contribution is 0.0695. The molecule has 0 atom stereocenters. The van der Waals surface area contributed by atoms with Crippen molar-refractivity contribution in [1.82, 2.24) is 0 Å². The minimum atomic E-state index is -1.20. The number of carbonyl (C=O) groups is 2. The molecule has 0 aliphatic heterocycles. The number of unbranched alkanes of at least 4 members (excludes halogenated alkanes) is 1. The summed E-state index contributed by atoms with van der Waals surface area (Å²) in [5, 5.41) is 19.2. The van der Waals surface area contributed by atoms with Crippen LogP contribution in [0.25, 0.3) is 0 Å². The quantitative estimate of drug-likeness (QED) is 0.386. The highest BCUT2D eigenvalue weighted by molar-refractivity contribution is 5.99. The van der Waals surface area contributed by atoms with Gasteiger partial charge in [-0.05, 0) is 55.5 Å². The molecule has 0 heterocycles. The van der Waals surface area contributed by atoms with Crippen molar-refractivity contribution in [2.75, 3.05) is 13.2 Å². The van der Waals surface area contributed by atoms with E-state index in [1.54, 1.807) is 19.1 Å². The first kappa shape index (κ1) is 24.2. The Morgan fingerprint density at radius 1 is 1.00 bits per heavy atom. The standard InChI is InChI=1S/C24H29FO6/c1-15-20(10-8-17(22(15)27)19(26)14-24(2,3)4)30-11-5-6-12-31-21-9-7-16(23(28)29)13-18(21)25/h7-10,13,27H,5-6,11-12,14H2,1-4H3,(H,28,29). The maximum atomic E-state index is 13.8. The fraction of sp³-hybridized carbons (Fsp3) is 0.417. The summed E-state index contributed by atoms with van der Waals surface area (Å²) in [4.78, 5) is 23.2. The summed E-state index contributed by atoms with van der Waals surface area (Å²) in [5.41, 5.74) is 0.499. The van der Waals surface area contributed by atoms with Crippen LogP contribution in [0.15, 0.2) is 30.3 Å². The van der Waals surface area contributed by atoms with Gasteiger partial charge in [0, 0.05) is 12.0 Å². The Morgan fingerprint density at radius 3 is 2.13 bits per heavy atom. The molecule has 2 rings (SSSR count). The zero-order valence-electron chi connectivity index (χ0n) is 18.3. The van der Waals surface area contributed by atoms with E-state index in [9.17, 15) is 19.1 Å². The predicted molar refractivity (Wildman–Crippen MR) is 115 cm³/mol. The second-order valence-corrected chi connectivity index (χ2v) is 8.60. The molecule has 0 aliphatic rings. The lowest BCUT2D eigenvalue weighted by Crippen LogP contribution is -2.13. The van der Waals surface area contributed by atoms with Crippen LogP contribution in [0.3, 0.4) is 0 Å². The van der Waals surface area contributed by atoms with Gasteiger partial charge in [-0.1, -0.05) is 20.8 Å². The molecule has 0 saturated heterocycles. The van der Waals surface area contributed by atoms with E-state index in [2.05, 4.69) is 0 Å². The zero-order valence-corrected chi connectivity index (χ0v) is 18.3. The van der Waals surface area contributed by atoms with Crippen LogP contribution in [0, 0.1) is 18.2 Å². The van der Waals surface area contributed by atoms with Crippen LogP contribution in [-0.2, 0) is 0 Å². The molecule has 0 aliphatic carbocycles. The highest BCUT2D eigenvalue weighted by Crippen LogP contribution is 2.33. The van der Waals surface area contributed by atoms with Crippen LogP contribution in [0.1, 0.15) is 66.3 Å². The molecule has 2 N–H and O–H groups in total. The van der Waals surface area contributed by atoms with Gasteiger partial charge in [-0.15, -0.1) is 0 Å². The van der Waals surface area contributed by atoms with Crippen LogP contribution in [-0.4, -0.2) is 35.2 Å². The summed E-state index contributed by atoms with van der Waals surface area (Å²) in [5.74, 6) is -1.59. The van der Waals surface area contributed by atoms with Crippen LogP contribution in [0.4, 0.5) is 4.39 Å². The van der Waals surface area contributed by atoms with E-state index in [4.69, 9.17) is 14.6 Å². The number of carboxylic acid groups (broad SMARTS) is 1. The van der Waals surface area contributed by atoms with Gasteiger partial charge < -0.3 is 19.7 Å². The number of carbonyl (C=O) groups excluding carboxylic acids is 1. The fourth-order valence-corrected chi connectivity index (χ4v) is 2.96. The minimum absolute atomic E-state index is 0.00204. The average Bonchev–Trinajstić information content (AvgIpc) is 2.67. The first-order valence-corrected chi connectivity index (χ1v) is 10.1. The smallest absolute Gasteiger partial charge is 0.335 e. The molecule has 0 saturated carbocycles. The van der Waals surface area contributed by atoms with Gasteiger partial charge in [-0.3, -0.25) is 4.79 Å². The van der Waals surface area contributed by atoms with E-state index in [0.29, 0.717) is 42.7 Å². The van der Waals surface area contributed by atoms with Gasteiger partial charge in [0.1, 0.15) is 11.5 Å². The van der Waals surface area contributed by atoms with Crippen molar-refractivity contribution in [3.8, 4) is 17.2 Å². The van der Waals surface area contributed by atoms with E-state index < -0.39 is 11.8 Å². The number of Topliss-reactive ketones (excluding diaryl/α,β-unsaturated/α-hetero) is 1. The van der Waals surface area contributed by atoms with Crippen molar-refractivity contribution < 1.29 is 33.7 Å². The maximum Gasteiger partial charge on any atom is 0.335 e. The van der Waals surface area contributed by atoms with Gasteiger partial charge in [-0.25, -0.2) is 9.18 Å². The molecule has 2 aromatic rings. The molecule has 6 nitrogen and oxygen atoms in total. The summed E-state index contributed by atoms with van der Waals surface area (Å²) in [6, 6.07) is 6.77. The maximum absolute atomic E-state index is 13.8. The fourth-order valence-electron chi connectivity index (χ4n) is 2.96. The van der Waals surface area contributed by atoms with E-state index in [1.807, 2.05) is 20.8 Å². The first-order chi connectivity index (χ1) is 14.5. The topological polar surface area (TPSA) is 93.1 Å². The first-order valence-electron chi connectivity index (χ1n) is 10.1. The zero-order chi connectivity index (χ0) is 23.2. The van der Waals surface area contributed by atoms with Crippen LogP contribution < -0.4 is 9.47 Å². The van der Waals surface area contributed by atoms with Gasteiger partial charge in [0.2, 0.25) is 0 Å². The molecule has 0 radical (unpaired) electrons.